The second-order valence-corrected chi connectivity index (χ2v) is 6.64. The van der Waals surface area contributed by atoms with Crippen LogP contribution in [0.1, 0.15) is 25.0 Å². The Balaban J connectivity index is 1.56. The number of allylic oxidation sites excluding steroid dienone is 2. The maximum atomic E-state index is 13.4. The molecule has 0 saturated heterocycles. The molecule has 1 unspecified atom stereocenters. The van der Waals surface area contributed by atoms with E-state index in [9.17, 15) is 9.18 Å². The molecule has 30 heavy (non-hydrogen) atoms. The van der Waals surface area contributed by atoms with Crippen molar-refractivity contribution in [2.45, 2.75) is 26.4 Å². The molecule has 3 rings (SSSR count). The number of nitrogens with zero attached hydrogens (tertiary/aromatic N) is 4. The van der Waals surface area contributed by atoms with E-state index in [0.29, 0.717) is 0 Å². The minimum atomic E-state index is -0.420. The summed E-state index contributed by atoms with van der Waals surface area (Å²) >= 11 is 0. The molecular formula is C23H22FN5O. The van der Waals surface area contributed by atoms with E-state index in [2.05, 4.69) is 25.5 Å². The largest absolute Gasteiger partial charge is 0.334 e. The Morgan fingerprint density at radius 2 is 2.07 bits per heavy atom. The Labute approximate surface area is 174 Å². The van der Waals surface area contributed by atoms with Gasteiger partial charge in [-0.05, 0) is 54.8 Å². The molecule has 0 spiro atoms. The first-order valence-electron chi connectivity index (χ1n) is 9.52. The van der Waals surface area contributed by atoms with Crippen molar-refractivity contribution in [1.29, 1.82) is 0 Å². The van der Waals surface area contributed by atoms with Crippen molar-refractivity contribution in [2.75, 3.05) is 0 Å². The summed E-state index contributed by atoms with van der Waals surface area (Å²) in [6, 6.07) is 11.8. The summed E-state index contributed by atoms with van der Waals surface area (Å²) in [5.74, 6) is -0.464. The molecule has 1 amide bonds. The number of halogens is 1. The van der Waals surface area contributed by atoms with Gasteiger partial charge in [0.1, 0.15) is 12.0 Å². The molecule has 6 nitrogen and oxygen atoms in total. The molecule has 2 heterocycles. The monoisotopic (exact) mass is 403 g/mol. The van der Waals surface area contributed by atoms with Crippen molar-refractivity contribution in [1.82, 2.24) is 20.5 Å². The van der Waals surface area contributed by atoms with Gasteiger partial charge in [-0.2, -0.15) is 10.2 Å². The van der Waals surface area contributed by atoms with Gasteiger partial charge in [-0.3, -0.25) is 14.8 Å². The van der Waals surface area contributed by atoms with Crippen LogP contribution in [-0.4, -0.2) is 33.5 Å². The molecule has 0 aliphatic heterocycles. The molecule has 7 heteroatoms. The number of carbonyl (C=O) groups excluding carboxylic acids is 1. The molecule has 0 aliphatic rings. The molecule has 1 aromatic carbocycles. The molecule has 0 bridgehead atoms. The highest BCUT2D eigenvalue weighted by atomic mass is 19.1. The van der Waals surface area contributed by atoms with Crippen LogP contribution in [0.3, 0.4) is 0 Å². The number of aliphatic imine (C=N–C) groups is 1. The topological polar surface area (TPSA) is 80.1 Å². The Kier molecular flexibility index (Phi) is 7.10. The van der Waals surface area contributed by atoms with E-state index in [0.717, 1.165) is 28.0 Å². The van der Waals surface area contributed by atoms with Gasteiger partial charge in [-0.25, -0.2) is 4.39 Å². The van der Waals surface area contributed by atoms with Crippen molar-refractivity contribution < 1.29 is 9.18 Å². The third kappa shape index (κ3) is 5.88. The number of hydrogen-bond donors (Lipinski definition) is 1. The van der Waals surface area contributed by atoms with Gasteiger partial charge in [0.05, 0.1) is 24.5 Å². The predicted octanol–water partition coefficient (Wildman–Crippen LogP) is 3.86. The van der Waals surface area contributed by atoms with E-state index in [1.165, 1.54) is 12.1 Å². The van der Waals surface area contributed by atoms with Gasteiger partial charge >= 0.3 is 0 Å². The Hall–Kier alpha value is -3.74. The molecule has 3 aromatic rings. The molecule has 1 N–H and O–H groups in total. The zero-order valence-corrected chi connectivity index (χ0v) is 16.8. The Bertz CT molecular complexity index is 1050. The third-order valence-electron chi connectivity index (χ3n) is 4.35. The van der Waals surface area contributed by atoms with Crippen molar-refractivity contribution in [3.8, 4) is 11.3 Å². The smallest absolute Gasteiger partial charge is 0.226 e. The highest BCUT2D eigenvalue weighted by Gasteiger charge is 2.08. The maximum Gasteiger partial charge on any atom is 0.226 e. The van der Waals surface area contributed by atoms with Crippen molar-refractivity contribution in [3.63, 3.8) is 0 Å². The minimum absolute atomic E-state index is 0.160. The summed E-state index contributed by atoms with van der Waals surface area (Å²) in [6.45, 7) is 3.64. The van der Waals surface area contributed by atoms with Gasteiger partial charge in [-0.1, -0.05) is 24.3 Å². The fraction of sp³-hybridized carbons (Fsp3) is 0.174. The van der Waals surface area contributed by atoms with E-state index in [4.69, 9.17) is 0 Å². The van der Waals surface area contributed by atoms with Crippen molar-refractivity contribution >= 4 is 17.7 Å². The van der Waals surface area contributed by atoms with Crippen LogP contribution >= 0.6 is 0 Å². The van der Waals surface area contributed by atoms with E-state index in [1.54, 1.807) is 37.8 Å². The first-order chi connectivity index (χ1) is 14.5. The van der Waals surface area contributed by atoms with Crippen LogP contribution in [0.2, 0.25) is 0 Å². The molecule has 0 saturated carbocycles. The van der Waals surface area contributed by atoms with Gasteiger partial charge in [0.15, 0.2) is 0 Å². The van der Waals surface area contributed by atoms with Crippen molar-refractivity contribution in [3.05, 3.63) is 84.1 Å². The summed E-state index contributed by atoms with van der Waals surface area (Å²) < 4.78 is 13.4. The molecule has 2 aromatic heterocycles. The van der Waals surface area contributed by atoms with Crippen LogP contribution < -0.4 is 5.32 Å². The molecular weight excluding hydrogens is 381 g/mol. The highest BCUT2D eigenvalue weighted by Crippen LogP contribution is 2.15. The first kappa shape index (κ1) is 21.0. The normalized spacial score (nSPS) is 12.7. The molecule has 1 atom stereocenters. The van der Waals surface area contributed by atoms with E-state index < -0.39 is 6.17 Å². The number of aromatic nitrogens is 3. The lowest BCUT2D eigenvalue weighted by Crippen LogP contribution is -2.32. The van der Waals surface area contributed by atoms with Gasteiger partial charge in [0.25, 0.3) is 0 Å². The second-order valence-electron chi connectivity index (χ2n) is 6.64. The molecule has 0 fully saturated rings. The van der Waals surface area contributed by atoms with Gasteiger partial charge in [0.2, 0.25) is 5.91 Å². The standard InChI is InChI=1S/C23H22FN5O/c1-3-18(19-5-4-6-21(24)12-19)14-25-16(2)29-23(30)11-17-7-8-22(26-13-17)20-9-10-27-28-15-20/h3-10,12-16H,11H2,1-2H3,(H,29,30)/b18-3+,25-14-. The molecule has 152 valence electrons. The Morgan fingerprint density at radius 3 is 2.73 bits per heavy atom. The zero-order chi connectivity index (χ0) is 21.3. The van der Waals surface area contributed by atoms with Crippen LogP contribution in [0.4, 0.5) is 4.39 Å². The summed E-state index contributed by atoms with van der Waals surface area (Å²) in [6.07, 6.45) is 8.17. The lowest BCUT2D eigenvalue weighted by atomic mass is 10.1. The average molecular weight is 403 g/mol. The molecule has 0 radical (unpaired) electrons. The first-order valence-corrected chi connectivity index (χ1v) is 9.52. The summed E-state index contributed by atoms with van der Waals surface area (Å²) in [5.41, 5.74) is 3.94. The summed E-state index contributed by atoms with van der Waals surface area (Å²) in [7, 11) is 0. The van der Waals surface area contributed by atoms with Gasteiger partial charge in [0, 0.05) is 18.0 Å². The number of rotatable bonds is 7. The maximum absolute atomic E-state index is 13.4. The van der Waals surface area contributed by atoms with E-state index >= 15 is 0 Å². The van der Waals surface area contributed by atoms with Crippen LogP contribution in [0.5, 0.6) is 0 Å². The highest BCUT2D eigenvalue weighted by molar-refractivity contribution is 6.09. The number of carbonyl (C=O) groups is 1. The van der Waals surface area contributed by atoms with Crippen molar-refractivity contribution in [2.24, 2.45) is 4.99 Å². The number of hydrogen-bond acceptors (Lipinski definition) is 5. The number of pyridine rings is 1. The van der Waals surface area contributed by atoms with Crippen LogP contribution in [0.25, 0.3) is 16.8 Å². The second kappa shape index (κ2) is 10.2. The number of amides is 1. The fourth-order valence-electron chi connectivity index (χ4n) is 2.82. The molecule has 0 aliphatic carbocycles. The fourth-order valence-corrected chi connectivity index (χ4v) is 2.82. The summed E-state index contributed by atoms with van der Waals surface area (Å²) in [4.78, 5) is 21.0. The van der Waals surface area contributed by atoms with Gasteiger partial charge in [-0.15, -0.1) is 0 Å². The Morgan fingerprint density at radius 1 is 1.20 bits per heavy atom. The summed E-state index contributed by atoms with van der Waals surface area (Å²) in [5, 5.41) is 10.4. The van der Waals surface area contributed by atoms with Gasteiger partial charge < -0.3 is 5.32 Å². The van der Waals surface area contributed by atoms with Crippen LogP contribution in [0.15, 0.2) is 72.1 Å². The number of nitrogens with one attached hydrogen (secondary N) is 1. The van der Waals surface area contributed by atoms with E-state index in [-0.39, 0.29) is 18.1 Å². The average Bonchev–Trinajstić information content (AvgIpc) is 2.75. The van der Waals surface area contributed by atoms with Crippen LogP contribution in [0, 0.1) is 5.82 Å². The van der Waals surface area contributed by atoms with E-state index in [1.807, 2.05) is 37.3 Å². The third-order valence-corrected chi connectivity index (χ3v) is 4.35. The predicted molar refractivity (Wildman–Crippen MR) is 115 cm³/mol. The minimum Gasteiger partial charge on any atom is -0.334 e. The lowest BCUT2D eigenvalue weighted by Gasteiger charge is -2.10. The number of benzene rings is 1. The van der Waals surface area contributed by atoms with Crippen LogP contribution in [-0.2, 0) is 11.2 Å². The quantitative estimate of drug-likeness (QED) is 0.608. The SMILES string of the molecule is C/C=C(\C=N/C(C)NC(=O)Cc1ccc(-c2ccnnc2)nc1)c1cccc(F)c1. The zero-order valence-electron chi connectivity index (χ0n) is 16.8. The lowest BCUT2D eigenvalue weighted by molar-refractivity contribution is -0.120.